The average molecular weight is 407 g/mol. The number of halogens is 1. The number of carbonyl (C=O) groups excluding carboxylic acids is 1. The van der Waals surface area contributed by atoms with E-state index < -0.39 is 0 Å². The second kappa shape index (κ2) is 7.31. The maximum Gasteiger partial charge on any atom is 0.176 e. The van der Waals surface area contributed by atoms with E-state index in [0.29, 0.717) is 39.9 Å². The number of aryl methyl sites for hydroxylation is 1. The van der Waals surface area contributed by atoms with Crippen LogP contribution in [0.4, 0.5) is 0 Å². The fourth-order valence-corrected chi connectivity index (χ4v) is 4.20. The Morgan fingerprint density at radius 1 is 1.14 bits per heavy atom. The first-order valence-electron chi connectivity index (χ1n) is 9.18. The van der Waals surface area contributed by atoms with Gasteiger partial charge in [0, 0.05) is 29.6 Å². The van der Waals surface area contributed by atoms with Crippen molar-refractivity contribution in [2.45, 2.75) is 19.9 Å². The molecule has 3 aromatic rings. The summed E-state index contributed by atoms with van der Waals surface area (Å²) in [5.41, 5.74) is 5.14. The number of methoxy groups -OCH3 is 2. The Bertz CT molecular complexity index is 1170. The van der Waals surface area contributed by atoms with Crippen LogP contribution in [0.3, 0.4) is 0 Å². The number of ketones is 1. The summed E-state index contributed by atoms with van der Waals surface area (Å²) in [5, 5.41) is 10.7. The van der Waals surface area contributed by atoms with Crippen LogP contribution in [-0.4, -0.2) is 24.6 Å². The van der Waals surface area contributed by atoms with Crippen molar-refractivity contribution >= 4 is 17.4 Å². The number of ether oxygens (including phenoxy) is 2. The molecule has 0 spiro atoms. The SMILES string of the molecule is COc1cc2c(cc1OC)-c1c(C#N)c(-c3ccc(Cl)cc3)c(C(C)=O)n1CC2. The highest BCUT2D eigenvalue weighted by atomic mass is 35.5. The molecule has 0 N–H and O–H groups in total. The zero-order valence-electron chi connectivity index (χ0n) is 16.4. The predicted octanol–water partition coefficient (Wildman–Crippen LogP) is 5.12. The van der Waals surface area contributed by atoms with E-state index in [2.05, 4.69) is 6.07 Å². The summed E-state index contributed by atoms with van der Waals surface area (Å²) in [5.74, 6) is 1.15. The Labute approximate surface area is 174 Å². The number of benzene rings is 2. The predicted molar refractivity (Wildman–Crippen MR) is 112 cm³/mol. The Morgan fingerprint density at radius 2 is 1.79 bits per heavy atom. The van der Waals surface area contributed by atoms with Crippen molar-refractivity contribution in [3.05, 3.63) is 58.2 Å². The molecule has 1 aromatic heterocycles. The lowest BCUT2D eigenvalue weighted by Gasteiger charge is -2.23. The molecule has 1 aliphatic rings. The minimum atomic E-state index is -0.0818. The number of nitriles is 1. The first kappa shape index (κ1) is 19.1. The van der Waals surface area contributed by atoms with Gasteiger partial charge in [-0.05, 0) is 41.8 Å². The first-order valence-corrected chi connectivity index (χ1v) is 9.56. The monoisotopic (exact) mass is 406 g/mol. The molecule has 0 fully saturated rings. The van der Waals surface area contributed by atoms with Gasteiger partial charge in [-0.1, -0.05) is 23.7 Å². The molecule has 4 rings (SSSR count). The molecular formula is C23H19ClN2O3. The number of hydrogen-bond donors (Lipinski definition) is 0. The Balaban J connectivity index is 2.07. The van der Waals surface area contributed by atoms with Crippen LogP contribution in [0.15, 0.2) is 36.4 Å². The van der Waals surface area contributed by atoms with Crippen LogP contribution >= 0.6 is 11.6 Å². The molecule has 146 valence electrons. The maximum atomic E-state index is 12.6. The number of hydrogen-bond acceptors (Lipinski definition) is 4. The number of Topliss-reactive ketones (excluding diaryl/α,β-unsaturated/α-hetero) is 1. The zero-order valence-corrected chi connectivity index (χ0v) is 17.1. The van der Waals surface area contributed by atoms with Crippen LogP contribution in [0, 0.1) is 11.3 Å². The molecule has 0 radical (unpaired) electrons. The molecule has 6 heteroatoms. The highest BCUT2D eigenvalue weighted by Crippen LogP contribution is 2.45. The number of nitrogens with zero attached hydrogens (tertiary/aromatic N) is 2. The zero-order chi connectivity index (χ0) is 20.7. The number of rotatable bonds is 4. The molecule has 0 amide bonds. The van der Waals surface area contributed by atoms with Crippen LogP contribution in [-0.2, 0) is 13.0 Å². The fourth-order valence-electron chi connectivity index (χ4n) is 4.08. The summed E-state index contributed by atoms with van der Waals surface area (Å²) in [4.78, 5) is 12.6. The lowest BCUT2D eigenvalue weighted by atomic mass is 9.93. The molecule has 0 bridgehead atoms. The van der Waals surface area contributed by atoms with E-state index in [1.807, 2.05) is 28.8 Å². The first-order chi connectivity index (χ1) is 14.0. The van der Waals surface area contributed by atoms with Crippen LogP contribution in [0.1, 0.15) is 28.5 Å². The smallest absolute Gasteiger partial charge is 0.176 e. The van der Waals surface area contributed by atoms with Gasteiger partial charge >= 0.3 is 0 Å². The number of aromatic nitrogens is 1. The van der Waals surface area contributed by atoms with Crippen molar-refractivity contribution in [3.63, 3.8) is 0 Å². The van der Waals surface area contributed by atoms with Gasteiger partial charge in [-0.25, -0.2) is 0 Å². The topological polar surface area (TPSA) is 64.2 Å². The molecule has 1 aliphatic heterocycles. The normalized spacial score (nSPS) is 12.0. The Morgan fingerprint density at radius 3 is 2.38 bits per heavy atom. The van der Waals surface area contributed by atoms with Gasteiger partial charge in [0.15, 0.2) is 17.3 Å². The second-order valence-electron chi connectivity index (χ2n) is 6.89. The molecule has 0 unspecified atom stereocenters. The van der Waals surface area contributed by atoms with Crippen molar-refractivity contribution in [3.8, 4) is 40.0 Å². The van der Waals surface area contributed by atoms with E-state index in [9.17, 15) is 10.1 Å². The highest BCUT2D eigenvalue weighted by Gasteiger charge is 2.31. The van der Waals surface area contributed by atoms with Gasteiger partial charge < -0.3 is 14.0 Å². The summed E-state index contributed by atoms with van der Waals surface area (Å²) in [6.07, 6.45) is 0.725. The van der Waals surface area contributed by atoms with Crippen LogP contribution in [0.25, 0.3) is 22.4 Å². The Kier molecular flexibility index (Phi) is 4.81. The van der Waals surface area contributed by atoms with Crippen molar-refractivity contribution in [1.82, 2.24) is 4.57 Å². The third kappa shape index (κ3) is 2.97. The van der Waals surface area contributed by atoms with Gasteiger partial charge in [0.25, 0.3) is 0 Å². The summed E-state index contributed by atoms with van der Waals surface area (Å²) in [6, 6.07) is 13.4. The van der Waals surface area contributed by atoms with Gasteiger partial charge in [0.2, 0.25) is 0 Å². The number of carbonyl (C=O) groups is 1. The van der Waals surface area contributed by atoms with Crippen LogP contribution < -0.4 is 9.47 Å². The molecule has 5 nitrogen and oxygen atoms in total. The minimum absolute atomic E-state index is 0.0818. The number of fused-ring (bicyclic) bond motifs is 3. The van der Waals surface area contributed by atoms with E-state index in [-0.39, 0.29) is 5.78 Å². The van der Waals surface area contributed by atoms with Crippen molar-refractivity contribution < 1.29 is 14.3 Å². The summed E-state index contributed by atoms with van der Waals surface area (Å²) >= 11 is 6.04. The molecule has 0 saturated heterocycles. The molecular weight excluding hydrogens is 388 g/mol. The lowest BCUT2D eigenvalue weighted by Crippen LogP contribution is -2.15. The molecule has 29 heavy (non-hydrogen) atoms. The highest BCUT2D eigenvalue weighted by molar-refractivity contribution is 6.30. The quantitative estimate of drug-likeness (QED) is 0.564. The van der Waals surface area contributed by atoms with Gasteiger partial charge in [0.1, 0.15) is 6.07 Å². The van der Waals surface area contributed by atoms with E-state index >= 15 is 0 Å². The Hall–Kier alpha value is -3.23. The minimum Gasteiger partial charge on any atom is -0.493 e. The largest absolute Gasteiger partial charge is 0.493 e. The van der Waals surface area contributed by atoms with Crippen LogP contribution in [0.5, 0.6) is 11.5 Å². The average Bonchev–Trinajstić information content (AvgIpc) is 3.08. The van der Waals surface area contributed by atoms with Gasteiger partial charge in [-0.2, -0.15) is 5.26 Å². The van der Waals surface area contributed by atoms with E-state index in [1.54, 1.807) is 26.4 Å². The molecule has 0 aliphatic carbocycles. The van der Waals surface area contributed by atoms with Gasteiger partial charge in [0.05, 0.1) is 31.2 Å². The summed E-state index contributed by atoms with van der Waals surface area (Å²) in [7, 11) is 3.18. The third-order valence-corrected chi connectivity index (χ3v) is 5.56. The molecule has 0 atom stereocenters. The second-order valence-corrected chi connectivity index (χ2v) is 7.32. The van der Waals surface area contributed by atoms with Crippen LogP contribution in [0.2, 0.25) is 5.02 Å². The van der Waals surface area contributed by atoms with Crippen molar-refractivity contribution in [2.24, 2.45) is 0 Å². The lowest BCUT2D eigenvalue weighted by molar-refractivity contribution is 0.100. The summed E-state index contributed by atoms with van der Waals surface area (Å²) in [6.45, 7) is 2.14. The fraction of sp³-hybridized carbons (Fsp3) is 0.217. The van der Waals surface area contributed by atoms with E-state index in [4.69, 9.17) is 21.1 Å². The van der Waals surface area contributed by atoms with Crippen molar-refractivity contribution in [2.75, 3.05) is 14.2 Å². The maximum absolute atomic E-state index is 12.6. The molecule has 0 saturated carbocycles. The standard InChI is InChI=1S/C23H19ClN2O3/c1-13(27)22-21(14-4-6-16(24)7-5-14)18(12-25)23-17-11-20(29-3)19(28-2)10-15(17)8-9-26(22)23/h4-7,10-11H,8-9H2,1-3H3. The van der Waals surface area contributed by atoms with Gasteiger partial charge in [-0.15, -0.1) is 0 Å². The molecule has 2 heterocycles. The van der Waals surface area contributed by atoms with E-state index in [1.165, 1.54) is 6.92 Å². The molecule has 2 aromatic carbocycles. The summed E-state index contributed by atoms with van der Waals surface area (Å²) < 4.78 is 12.9. The van der Waals surface area contributed by atoms with Crippen molar-refractivity contribution in [1.29, 1.82) is 5.26 Å². The van der Waals surface area contributed by atoms with E-state index in [0.717, 1.165) is 28.8 Å². The third-order valence-electron chi connectivity index (χ3n) is 5.31. The van der Waals surface area contributed by atoms with Gasteiger partial charge in [-0.3, -0.25) is 4.79 Å².